The first-order chi connectivity index (χ1) is 13.9. The van der Waals surface area contributed by atoms with Crippen LogP contribution in [0.5, 0.6) is 0 Å². The zero-order valence-electron chi connectivity index (χ0n) is 17.8. The van der Waals surface area contributed by atoms with Gasteiger partial charge in [0.25, 0.3) is 0 Å². The first-order valence-corrected chi connectivity index (χ1v) is 9.84. The van der Waals surface area contributed by atoms with Crippen molar-refractivity contribution in [1.29, 1.82) is 0 Å². The summed E-state index contributed by atoms with van der Waals surface area (Å²) in [5, 5.41) is 3.27. The maximum atomic E-state index is 14.6. The molecule has 2 heterocycles. The number of nitrogens with zero attached hydrogens (tertiary/aromatic N) is 4. The Kier molecular flexibility index (Phi) is 8.63. The van der Waals surface area contributed by atoms with E-state index in [0.717, 1.165) is 23.9 Å². The summed E-state index contributed by atoms with van der Waals surface area (Å²) in [5.74, 6) is 0.959. The van der Waals surface area contributed by atoms with Gasteiger partial charge in [-0.25, -0.2) is 14.4 Å². The number of halogens is 2. The monoisotopic (exact) mass is 529 g/mol. The van der Waals surface area contributed by atoms with Crippen LogP contribution in [0.25, 0.3) is 5.69 Å². The van der Waals surface area contributed by atoms with Crippen molar-refractivity contribution in [3.05, 3.63) is 47.8 Å². The second kappa shape index (κ2) is 10.7. The third-order valence-electron chi connectivity index (χ3n) is 5.26. The molecule has 2 atom stereocenters. The summed E-state index contributed by atoms with van der Waals surface area (Å²) in [6, 6.07) is 5.12. The number of methoxy groups -OCH3 is 1. The van der Waals surface area contributed by atoms with E-state index in [4.69, 9.17) is 4.74 Å². The molecule has 1 fully saturated rings. The van der Waals surface area contributed by atoms with Crippen LogP contribution in [0.2, 0.25) is 0 Å². The number of likely N-dealkylation sites (tertiary alicyclic amines) is 1. The second-order valence-electron chi connectivity index (χ2n) is 7.31. The molecule has 0 saturated carbocycles. The van der Waals surface area contributed by atoms with E-state index in [1.807, 2.05) is 26.8 Å². The minimum absolute atomic E-state index is 0. The number of carbonyl (C=O) groups excluding carboxylic acids is 1. The maximum absolute atomic E-state index is 14.6. The standard InChI is InChI=1S/C21H28FN5O2.HI/c1-5-23-21(26-12-14(2)17(13-26)20(28)29-4)25-11-16-6-7-19(18(22)10-16)27-9-8-24-15(27)3;/h6-10,14,17H,5,11-13H2,1-4H3,(H,23,25);1H. The zero-order valence-corrected chi connectivity index (χ0v) is 20.1. The topological polar surface area (TPSA) is 71.8 Å². The lowest BCUT2D eigenvalue weighted by atomic mass is 9.99. The fraction of sp³-hybridized carbons (Fsp3) is 0.476. The molecule has 1 saturated heterocycles. The molecule has 0 amide bonds. The summed E-state index contributed by atoms with van der Waals surface area (Å²) in [6.45, 7) is 8.20. The van der Waals surface area contributed by atoms with Gasteiger partial charge in [-0.3, -0.25) is 4.79 Å². The average Bonchev–Trinajstić information content (AvgIpc) is 3.30. The third-order valence-corrected chi connectivity index (χ3v) is 5.26. The molecule has 30 heavy (non-hydrogen) atoms. The van der Waals surface area contributed by atoms with Gasteiger partial charge in [-0.15, -0.1) is 24.0 Å². The number of guanidine groups is 1. The predicted octanol–water partition coefficient (Wildman–Crippen LogP) is 3.14. The van der Waals surface area contributed by atoms with E-state index in [1.165, 1.54) is 13.2 Å². The third kappa shape index (κ3) is 5.30. The van der Waals surface area contributed by atoms with Crippen LogP contribution < -0.4 is 5.32 Å². The number of esters is 1. The van der Waals surface area contributed by atoms with Crippen LogP contribution >= 0.6 is 24.0 Å². The van der Waals surface area contributed by atoms with Crippen LogP contribution in [0.1, 0.15) is 25.2 Å². The molecule has 1 aromatic heterocycles. The van der Waals surface area contributed by atoms with E-state index in [0.29, 0.717) is 25.3 Å². The van der Waals surface area contributed by atoms with Gasteiger partial charge < -0.3 is 19.5 Å². The molecular formula is C21H29FIN5O2. The first kappa shape index (κ1) is 24.1. The lowest BCUT2D eigenvalue weighted by molar-refractivity contribution is -0.145. The molecule has 1 N–H and O–H groups in total. The van der Waals surface area contributed by atoms with Crippen LogP contribution in [0.15, 0.2) is 35.6 Å². The van der Waals surface area contributed by atoms with E-state index >= 15 is 0 Å². The molecule has 0 radical (unpaired) electrons. The number of aryl methyl sites for hydroxylation is 1. The number of benzene rings is 1. The average molecular weight is 529 g/mol. The van der Waals surface area contributed by atoms with Crippen molar-refractivity contribution in [2.75, 3.05) is 26.7 Å². The minimum Gasteiger partial charge on any atom is -0.469 e. The van der Waals surface area contributed by atoms with Crippen LogP contribution in [0.3, 0.4) is 0 Å². The predicted molar refractivity (Wildman–Crippen MR) is 125 cm³/mol. The molecule has 1 aliphatic heterocycles. The SMILES string of the molecule is CCNC(=NCc1ccc(-n2ccnc2C)c(F)c1)N1CC(C)C(C(=O)OC)C1.I. The summed E-state index contributed by atoms with van der Waals surface area (Å²) >= 11 is 0. The number of nitrogens with one attached hydrogen (secondary N) is 1. The Labute approximate surface area is 193 Å². The number of hydrogen-bond acceptors (Lipinski definition) is 4. The highest BCUT2D eigenvalue weighted by molar-refractivity contribution is 14.0. The van der Waals surface area contributed by atoms with Gasteiger partial charge in [-0.1, -0.05) is 13.0 Å². The molecule has 2 unspecified atom stereocenters. The number of hydrogen-bond donors (Lipinski definition) is 1. The quantitative estimate of drug-likeness (QED) is 0.279. The second-order valence-corrected chi connectivity index (χ2v) is 7.31. The number of aromatic nitrogens is 2. The van der Waals surface area contributed by atoms with Crippen LogP contribution in [0.4, 0.5) is 4.39 Å². The highest BCUT2D eigenvalue weighted by atomic mass is 127. The summed E-state index contributed by atoms with van der Waals surface area (Å²) in [5.41, 5.74) is 1.24. The number of carbonyl (C=O) groups is 1. The van der Waals surface area contributed by atoms with Gasteiger partial charge in [0.1, 0.15) is 11.6 Å². The van der Waals surface area contributed by atoms with Gasteiger partial charge in [0.05, 0.1) is 25.3 Å². The molecule has 3 rings (SSSR count). The van der Waals surface area contributed by atoms with Gasteiger partial charge >= 0.3 is 5.97 Å². The normalized spacial score (nSPS) is 18.8. The van der Waals surface area contributed by atoms with Gasteiger partial charge in [-0.2, -0.15) is 0 Å². The molecule has 0 aliphatic carbocycles. The molecule has 1 aliphatic rings. The lowest BCUT2D eigenvalue weighted by Gasteiger charge is -2.21. The molecule has 2 aromatic rings. The van der Waals surface area contributed by atoms with E-state index in [9.17, 15) is 9.18 Å². The van der Waals surface area contributed by atoms with Gasteiger partial charge in [0, 0.05) is 32.0 Å². The molecule has 1 aromatic carbocycles. The van der Waals surface area contributed by atoms with Crippen molar-refractivity contribution >= 4 is 35.9 Å². The fourth-order valence-electron chi connectivity index (χ4n) is 3.67. The van der Waals surface area contributed by atoms with Gasteiger partial charge in [0.2, 0.25) is 0 Å². The Morgan fingerprint density at radius 3 is 2.77 bits per heavy atom. The van der Waals surface area contributed by atoms with Crippen LogP contribution in [0, 0.1) is 24.6 Å². The Morgan fingerprint density at radius 1 is 1.40 bits per heavy atom. The van der Waals surface area contributed by atoms with Crippen molar-refractivity contribution in [2.45, 2.75) is 27.3 Å². The van der Waals surface area contributed by atoms with Crippen molar-refractivity contribution in [1.82, 2.24) is 19.8 Å². The minimum atomic E-state index is -0.315. The number of imidazole rings is 1. The first-order valence-electron chi connectivity index (χ1n) is 9.84. The summed E-state index contributed by atoms with van der Waals surface area (Å²) in [6.07, 6.45) is 3.38. The summed E-state index contributed by atoms with van der Waals surface area (Å²) in [7, 11) is 1.42. The molecule has 164 valence electrons. The zero-order chi connectivity index (χ0) is 21.0. The number of aliphatic imine (C=N–C) groups is 1. The maximum Gasteiger partial charge on any atom is 0.310 e. The molecule has 9 heteroatoms. The van der Waals surface area contributed by atoms with Gasteiger partial charge in [0.15, 0.2) is 5.96 Å². The Hall–Kier alpha value is -2.17. The van der Waals surface area contributed by atoms with E-state index in [-0.39, 0.29) is 47.6 Å². The van der Waals surface area contributed by atoms with E-state index in [1.54, 1.807) is 23.0 Å². The van der Waals surface area contributed by atoms with Crippen molar-refractivity contribution in [2.24, 2.45) is 16.8 Å². The van der Waals surface area contributed by atoms with Crippen LogP contribution in [-0.4, -0.2) is 53.1 Å². The Bertz CT molecular complexity index is 901. The Morgan fingerprint density at radius 2 is 2.17 bits per heavy atom. The fourth-order valence-corrected chi connectivity index (χ4v) is 3.67. The van der Waals surface area contributed by atoms with E-state index < -0.39 is 0 Å². The number of rotatable bonds is 5. The largest absolute Gasteiger partial charge is 0.469 e. The highest BCUT2D eigenvalue weighted by Crippen LogP contribution is 2.24. The van der Waals surface area contributed by atoms with Crippen molar-refractivity contribution in [3.63, 3.8) is 0 Å². The molecule has 0 spiro atoms. The molecule has 7 nitrogen and oxygen atoms in total. The summed E-state index contributed by atoms with van der Waals surface area (Å²) < 4.78 is 21.2. The van der Waals surface area contributed by atoms with Gasteiger partial charge in [-0.05, 0) is 37.5 Å². The molecule has 0 bridgehead atoms. The summed E-state index contributed by atoms with van der Waals surface area (Å²) in [4.78, 5) is 22.8. The lowest BCUT2D eigenvalue weighted by Crippen LogP contribution is -2.40. The van der Waals surface area contributed by atoms with Crippen molar-refractivity contribution < 1.29 is 13.9 Å². The number of ether oxygens (including phenoxy) is 1. The van der Waals surface area contributed by atoms with Crippen molar-refractivity contribution in [3.8, 4) is 5.69 Å². The van der Waals surface area contributed by atoms with E-state index in [2.05, 4.69) is 20.2 Å². The molecular weight excluding hydrogens is 500 g/mol. The van der Waals surface area contributed by atoms with Crippen LogP contribution in [-0.2, 0) is 16.1 Å². The Balaban J connectivity index is 0.00000320. The smallest absolute Gasteiger partial charge is 0.310 e. The highest BCUT2D eigenvalue weighted by Gasteiger charge is 2.36.